The molecule has 0 N–H and O–H groups in total. The van der Waals surface area contributed by atoms with Gasteiger partial charge in [0.1, 0.15) is 12.4 Å². The molecule has 4 rings (SSSR count). The number of likely N-dealkylation sites (tertiary alicyclic amines) is 1. The second-order valence-electron chi connectivity index (χ2n) is 8.48. The number of piperidine rings is 1. The van der Waals surface area contributed by atoms with Crippen LogP contribution in [0.5, 0.6) is 5.75 Å². The molecular formula is C25H27F3N2O4. The van der Waals surface area contributed by atoms with Crippen LogP contribution in [0.15, 0.2) is 42.5 Å². The number of hydrogen-bond acceptors (Lipinski definition) is 4. The fourth-order valence-electron chi connectivity index (χ4n) is 4.35. The summed E-state index contributed by atoms with van der Waals surface area (Å²) < 4.78 is 49.7. The normalized spacial score (nSPS) is 16.9. The molecule has 0 aliphatic carbocycles. The van der Waals surface area contributed by atoms with Crippen LogP contribution < -0.4 is 4.74 Å². The Morgan fingerprint density at radius 3 is 2.32 bits per heavy atom. The lowest BCUT2D eigenvalue weighted by molar-refractivity contribution is -0.183. The van der Waals surface area contributed by atoms with Gasteiger partial charge in [-0.2, -0.15) is 13.2 Å². The molecule has 0 bridgehead atoms. The number of alkyl halides is 3. The highest BCUT2D eigenvalue weighted by atomic mass is 19.4. The van der Waals surface area contributed by atoms with Gasteiger partial charge in [-0.25, -0.2) is 9.59 Å². The molecule has 2 aromatic carbocycles. The van der Waals surface area contributed by atoms with Crippen LogP contribution in [-0.4, -0.2) is 60.8 Å². The summed E-state index contributed by atoms with van der Waals surface area (Å²) in [6, 6.07) is 12.5. The van der Waals surface area contributed by atoms with Crippen molar-refractivity contribution >= 4 is 12.0 Å². The fourth-order valence-corrected chi connectivity index (χ4v) is 4.35. The van der Waals surface area contributed by atoms with Crippen LogP contribution in [0.1, 0.15) is 35.7 Å². The fraction of sp³-hybridized carbons (Fsp3) is 0.440. The smallest absolute Gasteiger partial charge is 0.391 e. The van der Waals surface area contributed by atoms with Gasteiger partial charge < -0.3 is 19.3 Å². The minimum absolute atomic E-state index is 0.0674. The molecule has 1 fully saturated rings. The lowest BCUT2D eigenvalue weighted by atomic mass is 9.96. The Morgan fingerprint density at radius 2 is 1.68 bits per heavy atom. The molecule has 2 amide bonds. The second-order valence-corrected chi connectivity index (χ2v) is 8.48. The molecule has 1 saturated heterocycles. The molecule has 6 nitrogen and oxygen atoms in total. The van der Waals surface area contributed by atoms with Crippen molar-refractivity contribution in [2.75, 3.05) is 32.8 Å². The lowest BCUT2D eigenvalue weighted by Crippen LogP contribution is -2.48. The maximum atomic E-state index is 13.1. The number of carbonyl (C=O) groups excluding carboxylic acids is 2. The molecule has 0 aromatic heterocycles. The number of nitrogens with zero attached hydrogens (tertiary/aromatic N) is 2. The average molecular weight is 476 g/mol. The summed E-state index contributed by atoms with van der Waals surface area (Å²) in [5.41, 5.74) is 3.09. The monoisotopic (exact) mass is 476 g/mol. The summed E-state index contributed by atoms with van der Waals surface area (Å²) in [5, 5.41) is 0. The first-order valence-electron chi connectivity index (χ1n) is 11.4. The molecule has 2 aliphatic rings. The van der Waals surface area contributed by atoms with Crippen LogP contribution in [-0.2, 0) is 11.3 Å². The maximum Gasteiger partial charge on any atom is 0.391 e. The third kappa shape index (κ3) is 5.29. The molecule has 0 saturated carbocycles. The molecular weight excluding hydrogens is 449 g/mol. The molecule has 2 aliphatic heterocycles. The van der Waals surface area contributed by atoms with Crippen molar-refractivity contribution in [3.63, 3.8) is 0 Å². The highest BCUT2D eigenvalue weighted by Crippen LogP contribution is 2.35. The predicted octanol–water partition coefficient (Wildman–Crippen LogP) is 5.12. The van der Waals surface area contributed by atoms with Crippen molar-refractivity contribution in [1.82, 2.24) is 9.80 Å². The molecule has 182 valence electrons. The number of hydrogen-bond donors (Lipinski definition) is 0. The van der Waals surface area contributed by atoms with E-state index in [2.05, 4.69) is 0 Å². The van der Waals surface area contributed by atoms with Gasteiger partial charge in [-0.3, -0.25) is 0 Å². The summed E-state index contributed by atoms with van der Waals surface area (Å²) in [6.45, 7) is 3.23. The number of halogens is 3. The molecule has 2 aromatic rings. The van der Waals surface area contributed by atoms with Crippen molar-refractivity contribution < 1.29 is 32.2 Å². The number of esters is 1. The van der Waals surface area contributed by atoms with Gasteiger partial charge in [0.05, 0.1) is 31.2 Å². The van der Waals surface area contributed by atoms with Crippen LogP contribution in [0.25, 0.3) is 11.1 Å². The van der Waals surface area contributed by atoms with Crippen molar-refractivity contribution in [3.05, 3.63) is 53.6 Å². The maximum absolute atomic E-state index is 13.1. The Balaban J connectivity index is 1.46. The summed E-state index contributed by atoms with van der Waals surface area (Å²) in [7, 11) is 0. The van der Waals surface area contributed by atoms with Crippen molar-refractivity contribution in [1.29, 1.82) is 0 Å². The number of urea groups is 1. The number of benzene rings is 2. The first-order valence-corrected chi connectivity index (χ1v) is 11.4. The molecule has 0 unspecified atom stereocenters. The van der Waals surface area contributed by atoms with E-state index in [1.165, 1.54) is 4.90 Å². The molecule has 0 radical (unpaired) electrons. The van der Waals surface area contributed by atoms with Gasteiger partial charge in [0, 0.05) is 18.7 Å². The van der Waals surface area contributed by atoms with Gasteiger partial charge >= 0.3 is 18.2 Å². The van der Waals surface area contributed by atoms with Gasteiger partial charge in [0.25, 0.3) is 0 Å². The molecule has 34 heavy (non-hydrogen) atoms. The minimum Gasteiger partial charge on any atom is -0.491 e. The van der Waals surface area contributed by atoms with Crippen LogP contribution in [0, 0.1) is 5.92 Å². The van der Waals surface area contributed by atoms with Gasteiger partial charge in [0.2, 0.25) is 0 Å². The van der Waals surface area contributed by atoms with Crippen LogP contribution in [0.4, 0.5) is 18.0 Å². The first-order chi connectivity index (χ1) is 16.3. The van der Waals surface area contributed by atoms with E-state index in [1.54, 1.807) is 24.0 Å². The number of rotatable bonds is 3. The van der Waals surface area contributed by atoms with Crippen LogP contribution >= 0.6 is 0 Å². The SMILES string of the molecule is CCOC(=O)c1ccc(-c2ccc3c(c2)CN(C(=O)N2CCC(C(F)(F)F)CC2)CCO3)cc1. The molecule has 2 heterocycles. The Bertz CT molecular complexity index is 1030. The van der Waals surface area contributed by atoms with Gasteiger partial charge in [0.15, 0.2) is 0 Å². The summed E-state index contributed by atoms with van der Waals surface area (Å²) in [6.07, 6.45) is -4.35. The van der Waals surface area contributed by atoms with E-state index in [1.807, 2.05) is 30.3 Å². The van der Waals surface area contributed by atoms with E-state index in [9.17, 15) is 22.8 Å². The third-order valence-electron chi connectivity index (χ3n) is 6.27. The number of amides is 2. The van der Waals surface area contributed by atoms with Crippen LogP contribution in [0.3, 0.4) is 0 Å². The summed E-state index contributed by atoms with van der Waals surface area (Å²) in [5.74, 6) is -1.04. The lowest BCUT2D eigenvalue weighted by Gasteiger charge is -2.35. The zero-order chi connectivity index (χ0) is 24.3. The number of ether oxygens (including phenoxy) is 2. The zero-order valence-corrected chi connectivity index (χ0v) is 18.9. The van der Waals surface area contributed by atoms with Gasteiger partial charge in [-0.1, -0.05) is 18.2 Å². The Morgan fingerprint density at radius 1 is 1.00 bits per heavy atom. The first kappa shape index (κ1) is 23.9. The average Bonchev–Trinajstić information content (AvgIpc) is 3.05. The van der Waals surface area contributed by atoms with E-state index in [4.69, 9.17) is 9.47 Å². The molecule has 0 spiro atoms. The number of carbonyl (C=O) groups is 2. The van der Waals surface area contributed by atoms with Crippen molar-refractivity contribution in [2.45, 2.75) is 32.5 Å². The molecule has 0 atom stereocenters. The highest BCUT2D eigenvalue weighted by Gasteiger charge is 2.42. The summed E-state index contributed by atoms with van der Waals surface area (Å²) in [4.78, 5) is 28.1. The number of fused-ring (bicyclic) bond motifs is 1. The van der Waals surface area contributed by atoms with Crippen molar-refractivity contribution in [3.8, 4) is 16.9 Å². The van der Waals surface area contributed by atoms with Gasteiger partial charge in [-0.15, -0.1) is 0 Å². The quantitative estimate of drug-likeness (QED) is 0.577. The topological polar surface area (TPSA) is 59.1 Å². The van der Waals surface area contributed by atoms with E-state index in [0.717, 1.165) is 16.7 Å². The summed E-state index contributed by atoms with van der Waals surface area (Å²) >= 11 is 0. The standard InChI is InChI=1S/C25H27F3N2O4/c1-2-33-23(31)18-5-3-17(4-6-18)19-7-8-22-20(15-19)16-30(13-14-34-22)24(32)29-11-9-21(10-12-29)25(26,27)28/h3-8,15,21H,2,9-14,16H2,1H3. The highest BCUT2D eigenvalue weighted by molar-refractivity contribution is 5.90. The van der Waals surface area contributed by atoms with Crippen LogP contribution in [0.2, 0.25) is 0 Å². The minimum atomic E-state index is -4.21. The van der Waals surface area contributed by atoms with Crippen molar-refractivity contribution in [2.24, 2.45) is 5.92 Å². The third-order valence-corrected chi connectivity index (χ3v) is 6.27. The Kier molecular flexibility index (Phi) is 7.00. The zero-order valence-electron chi connectivity index (χ0n) is 18.9. The van der Waals surface area contributed by atoms with E-state index in [0.29, 0.717) is 37.6 Å². The Labute approximate surface area is 196 Å². The predicted molar refractivity (Wildman–Crippen MR) is 119 cm³/mol. The molecule has 9 heteroatoms. The Hall–Kier alpha value is -3.23. The van der Waals surface area contributed by atoms with E-state index >= 15 is 0 Å². The van der Waals surface area contributed by atoms with E-state index in [-0.39, 0.29) is 37.9 Å². The van der Waals surface area contributed by atoms with Gasteiger partial charge in [-0.05, 0) is 55.2 Å². The largest absolute Gasteiger partial charge is 0.491 e. The second kappa shape index (κ2) is 9.95. The van der Waals surface area contributed by atoms with E-state index < -0.39 is 12.1 Å².